The first-order valence-corrected chi connectivity index (χ1v) is 8.47. The summed E-state index contributed by atoms with van der Waals surface area (Å²) < 4.78 is 9.55. The number of hydrazone groups is 1. The number of rotatable bonds is 5. The van der Waals surface area contributed by atoms with E-state index in [1.165, 1.54) is 16.4 Å². The Morgan fingerprint density at radius 3 is 2.86 bits per heavy atom. The van der Waals surface area contributed by atoms with Crippen molar-refractivity contribution in [2.45, 2.75) is 13.8 Å². The SMILES string of the molecule is C/C(=N/NC(=S)NCC[NH+]1CCOCC1)c1c(C)nsc1N. The van der Waals surface area contributed by atoms with Gasteiger partial charge in [-0.25, -0.2) is 0 Å². The maximum absolute atomic E-state index is 5.90. The van der Waals surface area contributed by atoms with Crippen molar-refractivity contribution in [1.82, 2.24) is 15.1 Å². The second kappa shape index (κ2) is 8.37. The average molecular weight is 344 g/mol. The van der Waals surface area contributed by atoms with Gasteiger partial charge >= 0.3 is 0 Å². The van der Waals surface area contributed by atoms with Gasteiger partial charge in [0.1, 0.15) is 18.1 Å². The van der Waals surface area contributed by atoms with Crippen LogP contribution in [0, 0.1) is 6.92 Å². The normalized spacial score (nSPS) is 16.5. The molecule has 5 N–H and O–H groups in total. The Balaban J connectivity index is 1.73. The summed E-state index contributed by atoms with van der Waals surface area (Å²) in [5.41, 5.74) is 11.3. The second-order valence-electron chi connectivity index (χ2n) is 5.18. The third kappa shape index (κ3) is 4.87. The number of nitrogen functional groups attached to an aromatic ring is 1. The Morgan fingerprint density at radius 1 is 1.50 bits per heavy atom. The van der Waals surface area contributed by atoms with Crippen molar-refractivity contribution in [1.29, 1.82) is 0 Å². The molecule has 9 heteroatoms. The number of anilines is 1. The first-order valence-electron chi connectivity index (χ1n) is 7.29. The van der Waals surface area contributed by atoms with Gasteiger partial charge in [0.05, 0.1) is 43.3 Å². The smallest absolute Gasteiger partial charge is 0.187 e. The number of nitrogens with one attached hydrogen (secondary N) is 3. The molecule has 1 fully saturated rings. The van der Waals surface area contributed by atoms with E-state index >= 15 is 0 Å². The number of nitrogens with zero attached hydrogens (tertiary/aromatic N) is 2. The minimum absolute atomic E-state index is 0.520. The van der Waals surface area contributed by atoms with Gasteiger partial charge in [0.25, 0.3) is 0 Å². The van der Waals surface area contributed by atoms with Gasteiger partial charge in [-0.1, -0.05) is 0 Å². The molecule has 1 aliphatic rings. The number of hydrogen-bond donors (Lipinski definition) is 4. The number of thiocarbonyl (C=S) groups is 1. The highest BCUT2D eigenvalue weighted by Crippen LogP contribution is 2.21. The van der Waals surface area contributed by atoms with Crippen LogP contribution in [0.2, 0.25) is 0 Å². The molecule has 2 heterocycles. The van der Waals surface area contributed by atoms with E-state index in [9.17, 15) is 0 Å². The molecule has 1 aromatic rings. The molecule has 0 saturated carbocycles. The van der Waals surface area contributed by atoms with Gasteiger partial charge in [-0.2, -0.15) is 9.47 Å². The summed E-state index contributed by atoms with van der Waals surface area (Å²) in [7, 11) is 0. The summed E-state index contributed by atoms with van der Waals surface area (Å²) in [6, 6.07) is 0. The molecule has 0 aliphatic carbocycles. The first-order chi connectivity index (χ1) is 10.6. The molecule has 0 aromatic carbocycles. The topological polar surface area (TPSA) is 89.0 Å². The number of aromatic nitrogens is 1. The predicted octanol–water partition coefficient (Wildman–Crippen LogP) is -0.863. The fraction of sp³-hybridized carbons (Fsp3) is 0.615. The molecule has 122 valence electrons. The molecule has 0 bridgehead atoms. The Bertz CT molecular complexity index is 519. The van der Waals surface area contributed by atoms with E-state index in [1.807, 2.05) is 13.8 Å². The minimum atomic E-state index is 0.520. The minimum Gasteiger partial charge on any atom is -0.389 e. The van der Waals surface area contributed by atoms with Gasteiger partial charge in [-0.15, -0.1) is 0 Å². The maximum Gasteiger partial charge on any atom is 0.187 e. The van der Waals surface area contributed by atoms with Crippen molar-refractivity contribution >= 4 is 39.6 Å². The van der Waals surface area contributed by atoms with E-state index in [0.717, 1.165) is 56.4 Å². The summed E-state index contributed by atoms with van der Waals surface area (Å²) in [6.45, 7) is 9.45. The Morgan fingerprint density at radius 2 is 2.23 bits per heavy atom. The number of morpholine rings is 1. The molecule has 1 aliphatic heterocycles. The fourth-order valence-corrected chi connectivity index (χ4v) is 3.18. The lowest BCUT2D eigenvalue weighted by Crippen LogP contribution is -3.14. The van der Waals surface area contributed by atoms with Crippen LogP contribution in [0.5, 0.6) is 0 Å². The number of ether oxygens (including phenoxy) is 1. The fourth-order valence-electron chi connectivity index (χ4n) is 2.32. The highest BCUT2D eigenvalue weighted by Gasteiger charge is 2.13. The number of hydrogen-bond acceptors (Lipinski definition) is 6. The van der Waals surface area contributed by atoms with Gasteiger partial charge in [0.15, 0.2) is 5.11 Å². The highest BCUT2D eigenvalue weighted by atomic mass is 32.1. The molecule has 1 aromatic heterocycles. The van der Waals surface area contributed by atoms with Crippen LogP contribution in [0.4, 0.5) is 5.00 Å². The third-order valence-electron chi connectivity index (χ3n) is 3.54. The van der Waals surface area contributed by atoms with Crippen LogP contribution in [0.25, 0.3) is 0 Å². The van der Waals surface area contributed by atoms with E-state index in [0.29, 0.717) is 10.1 Å². The molecular formula is C13H23N6OS2+. The monoisotopic (exact) mass is 343 g/mol. The largest absolute Gasteiger partial charge is 0.389 e. The number of nitrogens with two attached hydrogens (primary N) is 1. The first kappa shape index (κ1) is 17.1. The third-order valence-corrected chi connectivity index (χ3v) is 4.54. The zero-order chi connectivity index (χ0) is 15.9. The second-order valence-corrected chi connectivity index (χ2v) is 6.40. The van der Waals surface area contributed by atoms with Crippen LogP contribution >= 0.6 is 23.8 Å². The highest BCUT2D eigenvalue weighted by molar-refractivity contribution is 7.80. The van der Waals surface area contributed by atoms with E-state index in [4.69, 9.17) is 22.7 Å². The van der Waals surface area contributed by atoms with Crippen molar-refractivity contribution in [3.05, 3.63) is 11.3 Å². The standard InChI is InChI=1S/C13H22N6OS2/c1-9(11-10(2)18-22-12(11)14)16-17-13(21)15-3-4-19-5-7-20-8-6-19/h3-8,14H2,1-2H3,(H2,15,17,21)/p+1/b16-9-. The molecule has 0 unspecified atom stereocenters. The lowest BCUT2D eigenvalue weighted by molar-refractivity contribution is -0.906. The maximum atomic E-state index is 5.90. The van der Waals surface area contributed by atoms with E-state index in [-0.39, 0.29) is 0 Å². The van der Waals surface area contributed by atoms with Crippen molar-refractivity contribution < 1.29 is 9.64 Å². The van der Waals surface area contributed by atoms with Crippen LogP contribution in [0.1, 0.15) is 18.2 Å². The lowest BCUT2D eigenvalue weighted by atomic mass is 10.2. The molecule has 0 spiro atoms. The van der Waals surface area contributed by atoms with Crippen LogP contribution in [0.3, 0.4) is 0 Å². The van der Waals surface area contributed by atoms with Crippen molar-refractivity contribution in [3.63, 3.8) is 0 Å². The van der Waals surface area contributed by atoms with Gasteiger partial charge in [-0.05, 0) is 37.6 Å². The lowest BCUT2D eigenvalue weighted by Gasteiger charge is -2.23. The van der Waals surface area contributed by atoms with Crippen molar-refractivity contribution in [2.75, 3.05) is 45.1 Å². The Kier molecular flexibility index (Phi) is 6.49. The number of aryl methyl sites for hydroxylation is 1. The van der Waals surface area contributed by atoms with Gasteiger partial charge in [0, 0.05) is 0 Å². The molecule has 0 atom stereocenters. The van der Waals surface area contributed by atoms with Gasteiger partial charge in [-0.3, -0.25) is 5.43 Å². The number of quaternary nitrogens is 1. The van der Waals surface area contributed by atoms with Crippen LogP contribution in [-0.4, -0.2) is 54.6 Å². The van der Waals surface area contributed by atoms with E-state index in [2.05, 4.69) is 20.2 Å². The van der Waals surface area contributed by atoms with Crippen LogP contribution in [0.15, 0.2) is 5.10 Å². The molecule has 0 amide bonds. The quantitative estimate of drug-likeness (QED) is 0.316. The van der Waals surface area contributed by atoms with Gasteiger partial charge < -0.3 is 20.7 Å². The zero-order valence-corrected chi connectivity index (χ0v) is 14.6. The molecular weight excluding hydrogens is 320 g/mol. The predicted molar refractivity (Wildman–Crippen MR) is 93.6 cm³/mol. The molecule has 7 nitrogen and oxygen atoms in total. The zero-order valence-electron chi connectivity index (χ0n) is 12.9. The van der Waals surface area contributed by atoms with Crippen LogP contribution in [-0.2, 0) is 4.74 Å². The summed E-state index contributed by atoms with van der Waals surface area (Å²) in [6.07, 6.45) is 0. The molecule has 1 saturated heterocycles. The van der Waals surface area contributed by atoms with E-state index < -0.39 is 0 Å². The summed E-state index contributed by atoms with van der Waals surface area (Å²) >= 11 is 6.51. The Labute approximate surface area is 140 Å². The Hall–Kier alpha value is -1.29. The van der Waals surface area contributed by atoms with Crippen LogP contribution < -0.4 is 21.4 Å². The summed E-state index contributed by atoms with van der Waals surface area (Å²) in [5, 5.41) is 8.64. The summed E-state index contributed by atoms with van der Waals surface area (Å²) in [5.74, 6) is 0. The molecule has 0 radical (unpaired) electrons. The average Bonchev–Trinajstić information content (AvgIpc) is 2.85. The van der Waals surface area contributed by atoms with E-state index in [1.54, 1.807) is 0 Å². The van der Waals surface area contributed by atoms with Gasteiger partial charge in [0.2, 0.25) is 0 Å². The van der Waals surface area contributed by atoms with Crippen molar-refractivity contribution in [2.24, 2.45) is 5.10 Å². The molecule has 2 rings (SSSR count). The summed E-state index contributed by atoms with van der Waals surface area (Å²) in [4.78, 5) is 1.54. The molecule has 22 heavy (non-hydrogen) atoms. The van der Waals surface area contributed by atoms with Crippen molar-refractivity contribution in [3.8, 4) is 0 Å².